The molecule has 5 heteroatoms. The van der Waals surface area contributed by atoms with E-state index in [1.54, 1.807) is 7.11 Å². The molecule has 1 aromatic heterocycles. The molecule has 1 heterocycles. The number of nitrogens with zero attached hydrogens (tertiary/aromatic N) is 1. The van der Waals surface area contributed by atoms with Crippen LogP contribution < -0.4 is 10.6 Å². The SMILES string of the molecule is COCCNC(=O)C(C)NCc1cncc2ccccc12. The first kappa shape index (κ1) is 15.4. The fourth-order valence-corrected chi connectivity index (χ4v) is 2.11. The van der Waals surface area contributed by atoms with Crippen LogP contribution in [0, 0.1) is 0 Å². The summed E-state index contributed by atoms with van der Waals surface area (Å²) in [4.78, 5) is 16.1. The average Bonchev–Trinajstić information content (AvgIpc) is 2.52. The summed E-state index contributed by atoms with van der Waals surface area (Å²) in [5, 5.41) is 8.30. The maximum Gasteiger partial charge on any atom is 0.236 e. The van der Waals surface area contributed by atoms with Gasteiger partial charge in [-0.25, -0.2) is 0 Å². The highest BCUT2D eigenvalue weighted by Gasteiger charge is 2.12. The second kappa shape index (κ2) is 7.71. The third-order valence-corrected chi connectivity index (χ3v) is 3.35. The van der Waals surface area contributed by atoms with Crippen molar-refractivity contribution in [2.45, 2.75) is 19.5 Å². The molecule has 1 amide bonds. The molecule has 0 aliphatic heterocycles. The van der Waals surface area contributed by atoms with Gasteiger partial charge in [0.05, 0.1) is 12.6 Å². The third-order valence-electron chi connectivity index (χ3n) is 3.35. The van der Waals surface area contributed by atoms with Gasteiger partial charge in [0, 0.05) is 38.0 Å². The van der Waals surface area contributed by atoms with E-state index in [9.17, 15) is 4.79 Å². The zero-order valence-corrected chi connectivity index (χ0v) is 12.4. The summed E-state index contributed by atoms with van der Waals surface area (Å²) < 4.78 is 4.91. The van der Waals surface area contributed by atoms with E-state index in [4.69, 9.17) is 4.74 Å². The van der Waals surface area contributed by atoms with E-state index in [0.717, 1.165) is 16.3 Å². The average molecular weight is 287 g/mol. The van der Waals surface area contributed by atoms with Gasteiger partial charge >= 0.3 is 0 Å². The van der Waals surface area contributed by atoms with Gasteiger partial charge in [0.15, 0.2) is 0 Å². The van der Waals surface area contributed by atoms with Crippen LogP contribution in [0.15, 0.2) is 36.7 Å². The molecule has 112 valence electrons. The van der Waals surface area contributed by atoms with Crippen molar-refractivity contribution in [1.82, 2.24) is 15.6 Å². The van der Waals surface area contributed by atoms with Crippen LogP contribution in [0.2, 0.25) is 0 Å². The minimum atomic E-state index is -0.263. The van der Waals surface area contributed by atoms with Crippen LogP contribution >= 0.6 is 0 Å². The minimum absolute atomic E-state index is 0.0276. The fourth-order valence-electron chi connectivity index (χ4n) is 2.11. The number of methoxy groups -OCH3 is 1. The maximum atomic E-state index is 11.9. The van der Waals surface area contributed by atoms with Crippen LogP contribution in [0.3, 0.4) is 0 Å². The summed E-state index contributed by atoms with van der Waals surface area (Å²) in [5.74, 6) is -0.0276. The van der Waals surface area contributed by atoms with E-state index < -0.39 is 0 Å². The largest absolute Gasteiger partial charge is 0.383 e. The number of ether oxygens (including phenoxy) is 1. The van der Waals surface area contributed by atoms with Crippen LogP contribution in [-0.2, 0) is 16.1 Å². The van der Waals surface area contributed by atoms with Crippen molar-refractivity contribution in [3.63, 3.8) is 0 Å². The number of carbonyl (C=O) groups is 1. The van der Waals surface area contributed by atoms with Gasteiger partial charge in [-0.1, -0.05) is 24.3 Å². The van der Waals surface area contributed by atoms with Crippen LogP contribution in [0.1, 0.15) is 12.5 Å². The summed E-state index contributed by atoms with van der Waals surface area (Å²) in [7, 11) is 1.61. The quantitative estimate of drug-likeness (QED) is 0.757. The maximum absolute atomic E-state index is 11.9. The normalized spacial score (nSPS) is 12.3. The highest BCUT2D eigenvalue weighted by atomic mass is 16.5. The molecule has 0 fully saturated rings. The van der Waals surface area contributed by atoms with E-state index in [2.05, 4.69) is 21.7 Å². The van der Waals surface area contributed by atoms with Gasteiger partial charge in [0.2, 0.25) is 5.91 Å². The van der Waals surface area contributed by atoms with Crippen LogP contribution in [0.4, 0.5) is 0 Å². The lowest BCUT2D eigenvalue weighted by Gasteiger charge is -2.14. The Balaban J connectivity index is 1.94. The van der Waals surface area contributed by atoms with E-state index >= 15 is 0 Å². The molecule has 0 bridgehead atoms. The number of nitrogens with one attached hydrogen (secondary N) is 2. The topological polar surface area (TPSA) is 63.2 Å². The molecule has 2 aromatic rings. The number of pyridine rings is 1. The summed E-state index contributed by atoms with van der Waals surface area (Å²) in [6.45, 7) is 3.50. The molecule has 0 saturated heterocycles. The molecule has 1 atom stereocenters. The van der Waals surface area contributed by atoms with Crippen LogP contribution in [-0.4, -0.2) is 37.2 Å². The number of amides is 1. The van der Waals surface area contributed by atoms with E-state index in [0.29, 0.717) is 19.7 Å². The molecule has 1 aromatic carbocycles. The van der Waals surface area contributed by atoms with Crippen molar-refractivity contribution >= 4 is 16.7 Å². The van der Waals surface area contributed by atoms with Crippen molar-refractivity contribution in [3.05, 3.63) is 42.2 Å². The Morgan fingerprint density at radius 1 is 1.33 bits per heavy atom. The Labute approximate surface area is 124 Å². The predicted molar refractivity (Wildman–Crippen MR) is 82.9 cm³/mol. The molecule has 2 N–H and O–H groups in total. The van der Waals surface area contributed by atoms with Crippen LogP contribution in [0.25, 0.3) is 10.8 Å². The Morgan fingerprint density at radius 3 is 2.95 bits per heavy atom. The molecule has 0 spiro atoms. The Morgan fingerprint density at radius 2 is 2.14 bits per heavy atom. The molecule has 1 unspecified atom stereocenters. The van der Waals surface area contributed by atoms with Crippen LogP contribution in [0.5, 0.6) is 0 Å². The Hall–Kier alpha value is -1.98. The molecule has 0 saturated carbocycles. The number of rotatable bonds is 7. The van der Waals surface area contributed by atoms with Crippen molar-refractivity contribution in [1.29, 1.82) is 0 Å². The van der Waals surface area contributed by atoms with Gasteiger partial charge in [-0.3, -0.25) is 9.78 Å². The molecule has 0 radical (unpaired) electrons. The summed E-state index contributed by atoms with van der Waals surface area (Å²) in [5.41, 5.74) is 1.09. The first-order valence-electron chi connectivity index (χ1n) is 7.04. The number of hydrogen-bond acceptors (Lipinski definition) is 4. The highest BCUT2D eigenvalue weighted by Crippen LogP contribution is 2.16. The molecular formula is C16H21N3O2. The first-order chi connectivity index (χ1) is 10.2. The smallest absolute Gasteiger partial charge is 0.236 e. The molecular weight excluding hydrogens is 266 g/mol. The lowest BCUT2D eigenvalue weighted by Crippen LogP contribution is -2.42. The standard InChI is InChI=1S/C16H21N3O2/c1-12(16(20)18-7-8-21-2)19-11-14-10-17-9-13-5-3-4-6-15(13)14/h3-6,9-10,12,19H,7-8,11H2,1-2H3,(H,18,20). The molecule has 0 aliphatic carbocycles. The van der Waals surface area contributed by atoms with Crippen molar-refractivity contribution in [3.8, 4) is 0 Å². The predicted octanol–water partition coefficient (Wildman–Crippen LogP) is 1.48. The van der Waals surface area contributed by atoms with Crippen molar-refractivity contribution in [2.75, 3.05) is 20.3 Å². The Bertz CT molecular complexity index is 596. The monoisotopic (exact) mass is 287 g/mol. The van der Waals surface area contributed by atoms with Gasteiger partial charge in [-0.2, -0.15) is 0 Å². The minimum Gasteiger partial charge on any atom is -0.383 e. The lowest BCUT2D eigenvalue weighted by atomic mass is 10.1. The molecule has 5 nitrogen and oxygen atoms in total. The van der Waals surface area contributed by atoms with Crippen molar-refractivity contribution in [2.24, 2.45) is 0 Å². The zero-order valence-electron chi connectivity index (χ0n) is 12.4. The highest BCUT2D eigenvalue weighted by molar-refractivity contribution is 5.85. The van der Waals surface area contributed by atoms with Gasteiger partial charge in [-0.15, -0.1) is 0 Å². The second-order valence-corrected chi connectivity index (χ2v) is 4.91. The van der Waals surface area contributed by atoms with E-state index in [-0.39, 0.29) is 11.9 Å². The fraction of sp³-hybridized carbons (Fsp3) is 0.375. The zero-order chi connectivity index (χ0) is 15.1. The Kier molecular flexibility index (Phi) is 5.66. The number of hydrogen-bond donors (Lipinski definition) is 2. The van der Waals surface area contributed by atoms with E-state index in [1.165, 1.54) is 0 Å². The second-order valence-electron chi connectivity index (χ2n) is 4.91. The number of benzene rings is 1. The summed E-state index contributed by atoms with van der Waals surface area (Å²) >= 11 is 0. The van der Waals surface area contributed by atoms with Gasteiger partial charge in [-0.05, 0) is 17.9 Å². The summed E-state index contributed by atoms with van der Waals surface area (Å²) in [6, 6.07) is 7.84. The van der Waals surface area contributed by atoms with E-state index in [1.807, 2.05) is 37.5 Å². The molecule has 21 heavy (non-hydrogen) atoms. The third kappa shape index (κ3) is 4.24. The number of aromatic nitrogens is 1. The summed E-state index contributed by atoms with van der Waals surface area (Å²) in [6.07, 6.45) is 3.69. The number of carbonyl (C=O) groups excluding carboxylic acids is 1. The number of fused-ring (bicyclic) bond motifs is 1. The van der Waals surface area contributed by atoms with Gasteiger partial charge < -0.3 is 15.4 Å². The molecule has 2 rings (SSSR count). The first-order valence-corrected chi connectivity index (χ1v) is 7.04. The lowest BCUT2D eigenvalue weighted by molar-refractivity contribution is -0.122. The molecule has 0 aliphatic rings. The van der Waals surface area contributed by atoms with Crippen molar-refractivity contribution < 1.29 is 9.53 Å². The van der Waals surface area contributed by atoms with Gasteiger partial charge in [0.1, 0.15) is 0 Å². The van der Waals surface area contributed by atoms with Gasteiger partial charge in [0.25, 0.3) is 0 Å².